The number of nitrogens with zero attached hydrogens (tertiary/aromatic N) is 2. The van der Waals surface area contributed by atoms with Gasteiger partial charge < -0.3 is 5.32 Å². The fourth-order valence-corrected chi connectivity index (χ4v) is 4.35. The Bertz CT molecular complexity index is 869. The van der Waals surface area contributed by atoms with Crippen molar-refractivity contribution >= 4 is 34.4 Å². The molecule has 2 atom stereocenters. The summed E-state index contributed by atoms with van der Waals surface area (Å²) in [5.41, 5.74) is 0.822. The Hall–Kier alpha value is -2.14. The minimum Gasteiger partial charge on any atom is -0.323 e. The summed E-state index contributed by atoms with van der Waals surface area (Å²) < 4.78 is 0. The second-order valence-electron chi connectivity index (χ2n) is 7.05. The van der Waals surface area contributed by atoms with E-state index in [-0.39, 0.29) is 24.4 Å². The lowest BCUT2D eigenvalue weighted by Crippen LogP contribution is -2.53. The van der Waals surface area contributed by atoms with Gasteiger partial charge >= 0.3 is 6.03 Å². The molecule has 25 heavy (non-hydrogen) atoms. The van der Waals surface area contributed by atoms with Crippen LogP contribution >= 0.6 is 11.6 Å². The lowest BCUT2D eigenvalue weighted by atomic mass is 9.73. The molecule has 2 unspecified atom stereocenters. The number of rotatable bonds is 2. The quantitative estimate of drug-likeness (QED) is 0.829. The van der Waals surface area contributed by atoms with Crippen LogP contribution in [0.2, 0.25) is 5.02 Å². The van der Waals surface area contributed by atoms with Crippen LogP contribution in [0, 0.1) is 5.92 Å². The van der Waals surface area contributed by atoms with E-state index in [4.69, 9.17) is 11.6 Å². The number of hydrogen-bond donors (Lipinski definition) is 1. The number of carbonyl (C=O) groups is 2. The number of nitrogens with one attached hydrogen (secondary N) is 1. The third-order valence-electron chi connectivity index (χ3n) is 5.63. The number of halogens is 1. The third kappa shape index (κ3) is 2.49. The van der Waals surface area contributed by atoms with Crippen LogP contribution in [-0.4, -0.2) is 27.4 Å². The molecule has 1 saturated carbocycles. The van der Waals surface area contributed by atoms with Gasteiger partial charge in [0.05, 0.1) is 12.1 Å². The highest BCUT2D eigenvalue weighted by atomic mass is 35.5. The number of fused-ring (bicyclic) bond motifs is 1. The van der Waals surface area contributed by atoms with E-state index in [9.17, 15) is 9.59 Å². The fraction of sp³-hybridized carbons (Fsp3) is 0.421. The maximum Gasteiger partial charge on any atom is 0.325 e. The van der Waals surface area contributed by atoms with Gasteiger partial charge in [0.15, 0.2) is 0 Å². The number of carbonyl (C=O) groups excluding carboxylic acids is 2. The molecule has 2 aliphatic rings. The second kappa shape index (κ2) is 5.99. The molecule has 0 radical (unpaired) electrons. The fourth-order valence-electron chi connectivity index (χ4n) is 4.13. The van der Waals surface area contributed by atoms with Crippen LogP contribution in [0.25, 0.3) is 10.9 Å². The maximum atomic E-state index is 13.1. The summed E-state index contributed by atoms with van der Waals surface area (Å²) in [4.78, 5) is 31.4. The number of hydrogen-bond acceptors (Lipinski definition) is 3. The van der Waals surface area contributed by atoms with E-state index in [1.54, 1.807) is 12.3 Å². The zero-order valence-corrected chi connectivity index (χ0v) is 14.8. The Kier molecular flexibility index (Phi) is 3.91. The SMILES string of the molecule is CC1CCCCC12NC(=O)N(Cc1ccc(Cl)c3cccnc13)C2=O. The summed E-state index contributed by atoms with van der Waals surface area (Å²) in [5, 5.41) is 4.43. The van der Waals surface area contributed by atoms with Crippen molar-refractivity contribution < 1.29 is 9.59 Å². The molecule has 2 fully saturated rings. The summed E-state index contributed by atoms with van der Waals surface area (Å²) in [7, 11) is 0. The summed E-state index contributed by atoms with van der Waals surface area (Å²) in [6.45, 7) is 2.27. The molecule has 1 spiro atoms. The van der Waals surface area contributed by atoms with Gasteiger partial charge in [-0.05, 0) is 42.5 Å². The molecule has 1 saturated heterocycles. The van der Waals surface area contributed by atoms with Crippen molar-refractivity contribution in [2.24, 2.45) is 5.92 Å². The molecule has 130 valence electrons. The van der Waals surface area contributed by atoms with E-state index in [0.29, 0.717) is 5.02 Å². The highest BCUT2D eigenvalue weighted by Gasteiger charge is 2.54. The maximum absolute atomic E-state index is 13.1. The van der Waals surface area contributed by atoms with Crippen molar-refractivity contribution in [3.8, 4) is 0 Å². The number of benzene rings is 1. The molecule has 3 amide bonds. The Morgan fingerprint density at radius 3 is 2.96 bits per heavy atom. The smallest absolute Gasteiger partial charge is 0.323 e. The molecule has 2 heterocycles. The Morgan fingerprint density at radius 2 is 2.16 bits per heavy atom. The van der Waals surface area contributed by atoms with Crippen LogP contribution in [0.1, 0.15) is 38.2 Å². The van der Waals surface area contributed by atoms with Crippen LogP contribution in [0.15, 0.2) is 30.5 Å². The van der Waals surface area contributed by atoms with Gasteiger partial charge in [-0.25, -0.2) is 4.79 Å². The summed E-state index contributed by atoms with van der Waals surface area (Å²) in [6.07, 6.45) is 5.45. The molecule has 4 rings (SSSR count). The predicted octanol–water partition coefficient (Wildman–Crippen LogP) is 3.89. The van der Waals surface area contributed by atoms with E-state index in [1.165, 1.54) is 4.90 Å². The zero-order chi connectivity index (χ0) is 17.6. The van der Waals surface area contributed by atoms with Crippen LogP contribution in [-0.2, 0) is 11.3 Å². The first-order valence-corrected chi connectivity index (χ1v) is 9.07. The van der Waals surface area contributed by atoms with Crippen molar-refractivity contribution in [3.05, 3.63) is 41.0 Å². The van der Waals surface area contributed by atoms with Gasteiger partial charge in [-0.3, -0.25) is 14.7 Å². The van der Waals surface area contributed by atoms with Crippen LogP contribution in [0.5, 0.6) is 0 Å². The monoisotopic (exact) mass is 357 g/mol. The Morgan fingerprint density at radius 1 is 1.32 bits per heavy atom. The lowest BCUT2D eigenvalue weighted by Gasteiger charge is -2.36. The first-order valence-electron chi connectivity index (χ1n) is 8.69. The number of pyridine rings is 1. The van der Waals surface area contributed by atoms with Crippen LogP contribution in [0.4, 0.5) is 4.79 Å². The average Bonchev–Trinajstić information content (AvgIpc) is 2.85. The molecular weight excluding hydrogens is 338 g/mol. The van der Waals surface area contributed by atoms with E-state index in [0.717, 1.165) is 42.1 Å². The molecule has 0 bridgehead atoms. The molecule has 1 aliphatic carbocycles. The summed E-state index contributed by atoms with van der Waals surface area (Å²) in [5.74, 6) is 0.0477. The third-order valence-corrected chi connectivity index (χ3v) is 5.96. The van der Waals surface area contributed by atoms with Crippen molar-refractivity contribution in [1.82, 2.24) is 15.2 Å². The van der Waals surface area contributed by atoms with Gasteiger partial charge in [0, 0.05) is 16.6 Å². The molecule has 1 N–H and O–H groups in total. The largest absolute Gasteiger partial charge is 0.325 e. The molecule has 1 aromatic heterocycles. The molecule has 6 heteroatoms. The highest BCUT2D eigenvalue weighted by Crippen LogP contribution is 2.39. The van der Waals surface area contributed by atoms with E-state index >= 15 is 0 Å². The highest BCUT2D eigenvalue weighted by molar-refractivity contribution is 6.35. The van der Waals surface area contributed by atoms with Crippen LogP contribution in [0.3, 0.4) is 0 Å². The number of imide groups is 1. The van der Waals surface area contributed by atoms with Crippen LogP contribution < -0.4 is 5.32 Å². The van der Waals surface area contributed by atoms with Gasteiger partial charge in [0.25, 0.3) is 5.91 Å². The molecule has 5 nitrogen and oxygen atoms in total. The second-order valence-corrected chi connectivity index (χ2v) is 7.45. The van der Waals surface area contributed by atoms with Crippen molar-refractivity contribution in [2.45, 2.75) is 44.7 Å². The molecule has 1 aromatic carbocycles. The molecule has 2 aromatic rings. The van der Waals surface area contributed by atoms with Gasteiger partial charge in [0.2, 0.25) is 0 Å². The van der Waals surface area contributed by atoms with Gasteiger partial charge in [0.1, 0.15) is 5.54 Å². The first-order chi connectivity index (χ1) is 12.0. The summed E-state index contributed by atoms with van der Waals surface area (Å²) in [6, 6.07) is 7.04. The zero-order valence-electron chi connectivity index (χ0n) is 14.1. The van der Waals surface area contributed by atoms with E-state index in [1.807, 2.05) is 18.2 Å². The van der Waals surface area contributed by atoms with Crippen molar-refractivity contribution in [3.63, 3.8) is 0 Å². The minimum absolute atomic E-state index is 0.108. The Labute approximate surface area is 151 Å². The molecular formula is C19H20ClN3O2. The number of amides is 3. The minimum atomic E-state index is -0.731. The van der Waals surface area contributed by atoms with Crippen molar-refractivity contribution in [2.75, 3.05) is 0 Å². The van der Waals surface area contributed by atoms with Crippen molar-refractivity contribution in [1.29, 1.82) is 0 Å². The van der Waals surface area contributed by atoms with Gasteiger partial charge in [-0.1, -0.05) is 37.4 Å². The number of aromatic nitrogens is 1. The van der Waals surface area contributed by atoms with Gasteiger partial charge in [-0.15, -0.1) is 0 Å². The average molecular weight is 358 g/mol. The van der Waals surface area contributed by atoms with Gasteiger partial charge in [-0.2, -0.15) is 0 Å². The standard InChI is InChI=1S/C19H20ClN3O2/c1-12-5-2-3-9-19(12)17(24)23(18(25)22-19)11-13-7-8-15(20)14-6-4-10-21-16(13)14/h4,6-8,10,12H,2-3,5,9,11H2,1H3,(H,22,25). The first kappa shape index (κ1) is 16.3. The number of urea groups is 1. The molecule has 1 aliphatic heterocycles. The topological polar surface area (TPSA) is 62.3 Å². The lowest BCUT2D eigenvalue weighted by molar-refractivity contribution is -0.134. The normalized spacial score (nSPS) is 26.5. The van der Waals surface area contributed by atoms with E-state index in [2.05, 4.69) is 17.2 Å². The summed E-state index contributed by atoms with van der Waals surface area (Å²) >= 11 is 6.24. The predicted molar refractivity (Wildman–Crippen MR) is 96.2 cm³/mol. The Balaban J connectivity index is 1.69. The van der Waals surface area contributed by atoms with E-state index < -0.39 is 5.54 Å².